The lowest BCUT2D eigenvalue weighted by molar-refractivity contribution is -0.137. The Hall–Kier alpha value is -2.97. The zero-order valence-electron chi connectivity index (χ0n) is 12.5. The summed E-state index contributed by atoms with van der Waals surface area (Å²) in [6.07, 6.45) is -3.80. The highest BCUT2D eigenvalue weighted by molar-refractivity contribution is 6.31. The number of halogens is 5. The van der Waals surface area contributed by atoms with Crippen molar-refractivity contribution in [3.05, 3.63) is 65.2 Å². The lowest BCUT2D eigenvalue weighted by Gasteiger charge is -2.07. The summed E-state index contributed by atoms with van der Waals surface area (Å²) in [4.78, 5) is 16.2. The zero-order chi connectivity index (χ0) is 18.4. The van der Waals surface area contributed by atoms with Gasteiger partial charge in [-0.2, -0.15) is 13.2 Å². The lowest BCUT2D eigenvalue weighted by Crippen LogP contribution is -2.14. The number of benzene rings is 2. The lowest BCUT2D eigenvalue weighted by atomic mass is 10.1. The molecule has 2 rings (SSSR count). The summed E-state index contributed by atoms with van der Waals surface area (Å²) in [5, 5.41) is 5.39. The highest BCUT2D eigenvalue weighted by atomic mass is 19.4. The SMILES string of the molecule is O=C(C=NOCc1cccc(C(F)(F)F)c1)Nc1ccc(F)cc1F. The van der Waals surface area contributed by atoms with Gasteiger partial charge in [0.2, 0.25) is 0 Å². The molecule has 0 radical (unpaired) electrons. The molecule has 132 valence electrons. The first-order valence-electron chi connectivity index (χ1n) is 6.83. The van der Waals surface area contributed by atoms with E-state index in [0.29, 0.717) is 12.3 Å². The number of carbonyl (C=O) groups excluding carboxylic acids is 1. The van der Waals surface area contributed by atoms with Crippen LogP contribution in [-0.2, 0) is 22.4 Å². The molecular formula is C16H11F5N2O2. The van der Waals surface area contributed by atoms with Gasteiger partial charge in [0.05, 0.1) is 11.3 Å². The molecule has 0 aliphatic carbocycles. The maximum Gasteiger partial charge on any atom is 0.416 e. The molecule has 0 heterocycles. The van der Waals surface area contributed by atoms with Crippen LogP contribution in [0.3, 0.4) is 0 Å². The van der Waals surface area contributed by atoms with Crippen LogP contribution in [0.4, 0.5) is 27.6 Å². The van der Waals surface area contributed by atoms with Crippen molar-refractivity contribution >= 4 is 17.8 Å². The van der Waals surface area contributed by atoms with Crippen LogP contribution in [0.25, 0.3) is 0 Å². The number of oxime groups is 1. The first-order valence-corrected chi connectivity index (χ1v) is 6.83. The normalized spacial score (nSPS) is 11.6. The average molecular weight is 358 g/mol. The van der Waals surface area contributed by atoms with E-state index in [0.717, 1.165) is 24.3 Å². The fourth-order valence-corrected chi connectivity index (χ4v) is 1.79. The quantitative estimate of drug-likeness (QED) is 0.497. The molecule has 4 nitrogen and oxygen atoms in total. The minimum Gasteiger partial charge on any atom is -0.391 e. The number of carbonyl (C=O) groups is 1. The third-order valence-electron chi connectivity index (χ3n) is 2.92. The Morgan fingerprint density at radius 2 is 1.92 bits per heavy atom. The van der Waals surface area contributed by atoms with E-state index in [1.165, 1.54) is 12.1 Å². The molecule has 2 aromatic rings. The number of hydrogen-bond donors (Lipinski definition) is 1. The molecule has 0 aliphatic rings. The van der Waals surface area contributed by atoms with Gasteiger partial charge < -0.3 is 10.2 Å². The molecule has 1 amide bonds. The van der Waals surface area contributed by atoms with Gasteiger partial charge in [-0.15, -0.1) is 0 Å². The summed E-state index contributed by atoms with van der Waals surface area (Å²) in [7, 11) is 0. The van der Waals surface area contributed by atoms with E-state index in [9.17, 15) is 26.7 Å². The fourth-order valence-electron chi connectivity index (χ4n) is 1.79. The number of amides is 1. The number of alkyl halides is 3. The largest absolute Gasteiger partial charge is 0.416 e. The molecule has 0 atom stereocenters. The zero-order valence-corrected chi connectivity index (χ0v) is 12.5. The van der Waals surface area contributed by atoms with E-state index in [-0.39, 0.29) is 17.9 Å². The maximum atomic E-state index is 13.3. The number of rotatable bonds is 5. The van der Waals surface area contributed by atoms with E-state index in [4.69, 9.17) is 4.84 Å². The molecule has 0 unspecified atom stereocenters. The predicted molar refractivity (Wildman–Crippen MR) is 79.7 cm³/mol. The fraction of sp³-hybridized carbons (Fsp3) is 0.125. The van der Waals surface area contributed by atoms with E-state index >= 15 is 0 Å². The predicted octanol–water partition coefficient (Wildman–Crippen LogP) is 4.12. The second-order valence-electron chi connectivity index (χ2n) is 4.82. The summed E-state index contributed by atoms with van der Waals surface area (Å²) in [5.41, 5.74) is -0.880. The Kier molecular flexibility index (Phi) is 5.68. The highest BCUT2D eigenvalue weighted by Crippen LogP contribution is 2.29. The standard InChI is InChI=1S/C16H11F5N2O2/c17-12-4-5-14(13(18)7-12)23-15(24)8-22-25-9-10-2-1-3-11(6-10)16(19,20)21/h1-8H,9H2,(H,23,24). The Bertz CT molecular complexity index is 790. The Labute approximate surface area is 138 Å². The van der Waals surface area contributed by atoms with Crippen LogP contribution in [-0.4, -0.2) is 12.1 Å². The van der Waals surface area contributed by atoms with Gasteiger partial charge in [0.1, 0.15) is 24.5 Å². The topological polar surface area (TPSA) is 50.7 Å². The first kappa shape index (κ1) is 18.4. The van der Waals surface area contributed by atoms with Crippen LogP contribution in [0.2, 0.25) is 0 Å². The maximum absolute atomic E-state index is 13.3. The molecule has 0 saturated carbocycles. The van der Waals surface area contributed by atoms with Crippen molar-refractivity contribution in [3.63, 3.8) is 0 Å². The van der Waals surface area contributed by atoms with Crippen LogP contribution in [0.5, 0.6) is 0 Å². The summed E-state index contributed by atoms with van der Waals surface area (Å²) < 4.78 is 63.7. The third kappa shape index (κ3) is 5.55. The van der Waals surface area contributed by atoms with Gasteiger partial charge in [0.25, 0.3) is 5.91 Å². The van der Waals surface area contributed by atoms with Gasteiger partial charge >= 0.3 is 6.18 Å². The van der Waals surface area contributed by atoms with Crippen molar-refractivity contribution < 1.29 is 31.6 Å². The van der Waals surface area contributed by atoms with Crippen molar-refractivity contribution in [3.8, 4) is 0 Å². The van der Waals surface area contributed by atoms with Gasteiger partial charge in [0.15, 0.2) is 0 Å². The van der Waals surface area contributed by atoms with Crippen molar-refractivity contribution in [1.29, 1.82) is 0 Å². The Morgan fingerprint density at radius 1 is 1.16 bits per heavy atom. The van der Waals surface area contributed by atoms with Gasteiger partial charge in [-0.1, -0.05) is 17.3 Å². The highest BCUT2D eigenvalue weighted by Gasteiger charge is 2.30. The second-order valence-corrected chi connectivity index (χ2v) is 4.82. The van der Waals surface area contributed by atoms with E-state index < -0.39 is 29.3 Å². The molecular weight excluding hydrogens is 347 g/mol. The monoisotopic (exact) mass is 358 g/mol. The third-order valence-corrected chi connectivity index (χ3v) is 2.92. The number of nitrogens with one attached hydrogen (secondary N) is 1. The Balaban J connectivity index is 1.88. The molecule has 2 aromatic carbocycles. The molecule has 0 saturated heterocycles. The second kappa shape index (κ2) is 7.73. The minimum absolute atomic E-state index is 0.206. The minimum atomic E-state index is -4.47. The summed E-state index contributed by atoms with van der Waals surface area (Å²) in [6, 6.07) is 7.01. The van der Waals surface area contributed by atoms with Crippen molar-refractivity contribution in [2.24, 2.45) is 5.16 Å². The molecule has 25 heavy (non-hydrogen) atoms. The van der Waals surface area contributed by atoms with Gasteiger partial charge in [-0.3, -0.25) is 4.79 Å². The number of nitrogens with zero attached hydrogens (tertiary/aromatic N) is 1. The van der Waals surface area contributed by atoms with Crippen LogP contribution < -0.4 is 5.32 Å². The number of anilines is 1. The summed E-state index contributed by atoms with van der Waals surface area (Å²) in [5.74, 6) is -2.62. The molecule has 9 heteroatoms. The van der Waals surface area contributed by atoms with Crippen LogP contribution in [0.15, 0.2) is 47.6 Å². The molecule has 0 aliphatic heterocycles. The van der Waals surface area contributed by atoms with Gasteiger partial charge in [0, 0.05) is 6.07 Å². The molecule has 0 bridgehead atoms. The smallest absolute Gasteiger partial charge is 0.391 e. The summed E-state index contributed by atoms with van der Waals surface area (Å²) >= 11 is 0. The van der Waals surface area contributed by atoms with Crippen molar-refractivity contribution in [1.82, 2.24) is 0 Å². The van der Waals surface area contributed by atoms with Crippen LogP contribution in [0.1, 0.15) is 11.1 Å². The van der Waals surface area contributed by atoms with Crippen LogP contribution in [0, 0.1) is 11.6 Å². The van der Waals surface area contributed by atoms with Gasteiger partial charge in [-0.25, -0.2) is 8.78 Å². The Morgan fingerprint density at radius 3 is 2.60 bits per heavy atom. The summed E-state index contributed by atoms with van der Waals surface area (Å²) in [6.45, 7) is -0.293. The van der Waals surface area contributed by atoms with E-state index in [1.807, 2.05) is 0 Å². The molecule has 0 fully saturated rings. The molecule has 0 spiro atoms. The van der Waals surface area contributed by atoms with Crippen molar-refractivity contribution in [2.75, 3.05) is 5.32 Å². The van der Waals surface area contributed by atoms with E-state index in [2.05, 4.69) is 10.5 Å². The molecule has 0 aromatic heterocycles. The average Bonchev–Trinajstić information content (AvgIpc) is 2.54. The number of hydrogen-bond acceptors (Lipinski definition) is 3. The molecule has 1 N–H and O–H groups in total. The van der Waals surface area contributed by atoms with Crippen LogP contribution >= 0.6 is 0 Å². The van der Waals surface area contributed by atoms with Crippen molar-refractivity contribution in [2.45, 2.75) is 12.8 Å². The first-order chi connectivity index (χ1) is 11.8. The van der Waals surface area contributed by atoms with Gasteiger partial charge in [-0.05, 0) is 29.8 Å². The van der Waals surface area contributed by atoms with E-state index in [1.54, 1.807) is 0 Å².